The maximum absolute atomic E-state index is 13.0. The Morgan fingerprint density at radius 1 is 0.970 bits per heavy atom. The van der Waals surface area contributed by atoms with E-state index >= 15 is 0 Å². The maximum atomic E-state index is 13.0. The second-order valence-corrected chi connectivity index (χ2v) is 8.54. The number of alkyl halides is 3. The molecule has 0 atom stereocenters. The first kappa shape index (κ1) is 21.7. The summed E-state index contributed by atoms with van der Waals surface area (Å²) in [6, 6.07) is 8.97. The molecule has 33 heavy (non-hydrogen) atoms. The second-order valence-electron chi connectivity index (χ2n) is 8.54. The van der Waals surface area contributed by atoms with Gasteiger partial charge in [-0.05, 0) is 43.0 Å². The molecular weight excluding hydrogens is 427 g/mol. The number of pyridine rings is 1. The van der Waals surface area contributed by atoms with Crippen molar-refractivity contribution in [3.63, 3.8) is 0 Å². The largest absolute Gasteiger partial charge is 0.416 e. The predicted octanol–water partition coefficient (Wildman–Crippen LogP) is 5.09. The van der Waals surface area contributed by atoms with E-state index in [0.717, 1.165) is 85.8 Å². The predicted molar refractivity (Wildman–Crippen MR) is 120 cm³/mol. The summed E-state index contributed by atoms with van der Waals surface area (Å²) in [4.78, 5) is 20.7. The summed E-state index contributed by atoms with van der Waals surface area (Å²) < 4.78 is 39.0. The van der Waals surface area contributed by atoms with Crippen LogP contribution in [0.3, 0.4) is 0 Å². The molecule has 3 aromatic rings. The average molecular weight is 451 g/mol. The fraction of sp³-hybridized carbons (Fsp3) is 0.360. The topological polar surface area (TPSA) is 54.3 Å². The Kier molecular flexibility index (Phi) is 5.93. The van der Waals surface area contributed by atoms with Crippen molar-refractivity contribution in [2.24, 2.45) is 4.99 Å². The van der Waals surface area contributed by atoms with Crippen molar-refractivity contribution >= 4 is 5.71 Å². The zero-order chi connectivity index (χ0) is 22.8. The van der Waals surface area contributed by atoms with Crippen LogP contribution in [0.2, 0.25) is 0 Å². The number of hydrogen-bond donors (Lipinski definition) is 0. The first-order valence-electron chi connectivity index (χ1n) is 11.2. The summed E-state index contributed by atoms with van der Waals surface area (Å²) >= 11 is 0. The first-order chi connectivity index (χ1) is 16.0. The standard InChI is InChI=1S/C25H24F3N5/c26-25(27,28)20-5-3-4-18(12-20)21-8-7-17(13-30-21)15-33-11-9-22-19(16-33)14-31-24(32-22)23-6-1-2-10-29-23/h3-5,7-8,12-14H,1-2,6,9-11,15-16H2. The van der Waals surface area contributed by atoms with Gasteiger partial charge >= 0.3 is 6.18 Å². The molecule has 0 spiro atoms. The number of halogens is 3. The highest BCUT2D eigenvalue weighted by Gasteiger charge is 2.30. The molecule has 0 N–H and O–H groups in total. The third kappa shape index (κ3) is 4.95. The van der Waals surface area contributed by atoms with Gasteiger partial charge in [-0.15, -0.1) is 0 Å². The van der Waals surface area contributed by atoms with Crippen molar-refractivity contribution in [1.29, 1.82) is 0 Å². The van der Waals surface area contributed by atoms with Gasteiger partial charge in [0.2, 0.25) is 0 Å². The highest BCUT2D eigenvalue weighted by atomic mass is 19.4. The lowest BCUT2D eigenvalue weighted by atomic mass is 10.0. The molecule has 0 amide bonds. The van der Waals surface area contributed by atoms with Gasteiger partial charge in [-0.3, -0.25) is 14.9 Å². The first-order valence-corrected chi connectivity index (χ1v) is 11.2. The molecule has 5 nitrogen and oxygen atoms in total. The molecule has 1 aromatic carbocycles. The Labute approximate surface area is 190 Å². The number of nitrogens with zero attached hydrogens (tertiary/aromatic N) is 5. The van der Waals surface area contributed by atoms with Crippen LogP contribution >= 0.6 is 0 Å². The molecule has 0 fully saturated rings. The Balaban J connectivity index is 1.25. The molecule has 2 aliphatic heterocycles. The van der Waals surface area contributed by atoms with Crippen LogP contribution in [0.15, 0.2) is 53.8 Å². The lowest BCUT2D eigenvalue weighted by Gasteiger charge is -2.28. The summed E-state index contributed by atoms with van der Waals surface area (Å²) in [5.41, 5.74) is 4.59. The average Bonchev–Trinajstić information content (AvgIpc) is 2.84. The molecule has 0 bridgehead atoms. The third-order valence-corrected chi connectivity index (χ3v) is 6.11. The van der Waals surface area contributed by atoms with E-state index in [9.17, 15) is 13.2 Å². The van der Waals surface area contributed by atoms with E-state index in [-0.39, 0.29) is 0 Å². The van der Waals surface area contributed by atoms with Gasteiger partial charge in [-0.2, -0.15) is 13.2 Å². The molecule has 0 aliphatic carbocycles. The number of fused-ring (bicyclic) bond motifs is 1. The molecule has 0 unspecified atom stereocenters. The Morgan fingerprint density at radius 3 is 2.64 bits per heavy atom. The minimum absolute atomic E-state index is 0.457. The van der Waals surface area contributed by atoms with E-state index < -0.39 is 11.7 Å². The van der Waals surface area contributed by atoms with Crippen LogP contribution in [0, 0.1) is 0 Å². The Hall–Kier alpha value is -3.13. The Morgan fingerprint density at radius 2 is 1.88 bits per heavy atom. The number of aromatic nitrogens is 3. The van der Waals surface area contributed by atoms with Gasteiger partial charge in [0.05, 0.1) is 22.7 Å². The molecular formula is C25H24F3N5. The SMILES string of the molecule is FC(F)(F)c1cccc(-c2ccc(CN3CCc4nc(C5=NCCCC5)ncc4C3)cn2)c1. The molecule has 0 radical (unpaired) electrons. The van der Waals surface area contributed by atoms with Gasteiger partial charge in [0, 0.05) is 56.1 Å². The summed E-state index contributed by atoms with van der Waals surface area (Å²) in [5.74, 6) is 0.774. The van der Waals surface area contributed by atoms with Crippen LogP contribution in [-0.2, 0) is 25.7 Å². The zero-order valence-corrected chi connectivity index (χ0v) is 18.1. The minimum atomic E-state index is -4.37. The lowest BCUT2D eigenvalue weighted by Crippen LogP contribution is -2.31. The lowest BCUT2D eigenvalue weighted by molar-refractivity contribution is -0.137. The van der Waals surface area contributed by atoms with Crippen LogP contribution in [-0.4, -0.2) is 38.7 Å². The quantitative estimate of drug-likeness (QED) is 0.555. The van der Waals surface area contributed by atoms with Gasteiger partial charge in [-0.25, -0.2) is 9.97 Å². The monoisotopic (exact) mass is 451 g/mol. The smallest absolute Gasteiger partial charge is 0.294 e. The summed E-state index contributed by atoms with van der Waals surface area (Å²) in [5, 5.41) is 0. The van der Waals surface area contributed by atoms with Crippen LogP contribution in [0.4, 0.5) is 13.2 Å². The van der Waals surface area contributed by atoms with Gasteiger partial charge in [-0.1, -0.05) is 18.2 Å². The van der Waals surface area contributed by atoms with E-state index in [1.165, 1.54) is 6.07 Å². The highest BCUT2D eigenvalue weighted by Crippen LogP contribution is 2.31. The van der Waals surface area contributed by atoms with Gasteiger partial charge in [0.1, 0.15) is 0 Å². The number of rotatable bonds is 4. The molecule has 4 heterocycles. The normalized spacial score (nSPS) is 16.9. The number of benzene rings is 1. The number of hydrogen-bond acceptors (Lipinski definition) is 5. The molecule has 2 aromatic heterocycles. The molecule has 0 saturated carbocycles. The van der Waals surface area contributed by atoms with E-state index in [0.29, 0.717) is 17.8 Å². The van der Waals surface area contributed by atoms with Gasteiger partial charge < -0.3 is 0 Å². The van der Waals surface area contributed by atoms with Crippen molar-refractivity contribution in [2.75, 3.05) is 13.1 Å². The zero-order valence-electron chi connectivity index (χ0n) is 18.1. The second kappa shape index (κ2) is 9.02. The van der Waals surface area contributed by atoms with Crippen molar-refractivity contribution in [2.45, 2.75) is 44.9 Å². The molecule has 5 rings (SSSR count). The van der Waals surface area contributed by atoms with Gasteiger partial charge in [0.15, 0.2) is 5.82 Å². The highest BCUT2D eigenvalue weighted by molar-refractivity contribution is 5.97. The van der Waals surface area contributed by atoms with E-state index in [4.69, 9.17) is 4.98 Å². The summed E-state index contributed by atoms with van der Waals surface area (Å²) in [6.07, 6.45) is 3.39. The van der Waals surface area contributed by atoms with E-state index in [2.05, 4.69) is 19.9 Å². The fourth-order valence-corrected chi connectivity index (χ4v) is 4.33. The third-order valence-electron chi connectivity index (χ3n) is 6.11. The fourth-order valence-electron chi connectivity index (χ4n) is 4.33. The van der Waals surface area contributed by atoms with Crippen molar-refractivity contribution in [3.8, 4) is 11.3 Å². The minimum Gasteiger partial charge on any atom is -0.294 e. The molecule has 8 heteroatoms. The summed E-state index contributed by atoms with van der Waals surface area (Å²) in [6.45, 7) is 3.22. The van der Waals surface area contributed by atoms with Gasteiger partial charge in [0.25, 0.3) is 0 Å². The van der Waals surface area contributed by atoms with E-state index in [1.807, 2.05) is 12.3 Å². The van der Waals surface area contributed by atoms with Crippen LogP contribution in [0.5, 0.6) is 0 Å². The number of aliphatic imine (C=N–C) groups is 1. The Bertz CT molecular complexity index is 1170. The van der Waals surface area contributed by atoms with Crippen molar-refractivity contribution in [1.82, 2.24) is 19.9 Å². The van der Waals surface area contributed by atoms with E-state index in [1.54, 1.807) is 18.3 Å². The van der Waals surface area contributed by atoms with Crippen molar-refractivity contribution in [3.05, 3.63) is 77.0 Å². The maximum Gasteiger partial charge on any atom is 0.416 e. The van der Waals surface area contributed by atoms with Crippen LogP contribution in [0.1, 0.15) is 47.5 Å². The molecule has 0 saturated heterocycles. The molecule has 170 valence electrons. The summed E-state index contributed by atoms with van der Waals surface area (Å²) in [7, 11) is 0. The van der Waals surface area contributed by atoms with Crippen LogP contribution in [0.25, 0.3) is 11.3 Å². The van der Waals surface area contributed by atoms with Crippen LogP contribution < -0.4 is 0 Å². The van der Waals surface area contributed by atoms with Crippen molar-refractivity contribution < 1.29 is 13.2 Å². The molecule has 2 aliphatic rings.